The van der Waals surface area contributed by atoms with Gasteiger partial charge in [0.2, 0.25) is 0 Å². The van der Waals surface area contributed by atoms with Gasteiger partial charge in [0.15, 0.2) is 5.96 Å². The highest BCUT2D eigenvalue weighted by Gasteiger charge is 2.08. The van der Waals surface area contributed by atoms with Gasteiger partial charge in [-0.05, 0) is 36.1 Å². The van der Waals surface area contributed by atoms with Crippen LogP contribution in [0, 0.1) is 12.7 Å². The molecule has 2 rings (SSSR count). The third kappa shape index (κ3) is 7.46. The molecule has 0 aliphatic rings. The highest BCUT2D eigenvalue weighted by molar-refractivity contribution is 14.0. The minimum atomic E-state index is -0.245. The van der Waals surface area contributed by atoms with Crippen molar-refractivity contribution < 1.29 is 9.13 Å². The number of aryl methyl sites for hydroxylation is 1. The topological polar surface area (TPSA) is 45.7 Å². The van der Waals surface area contributed by atoms with Crippen LogP contribution in [-0.2, 0) is 17.9 Å². The van der Waals surface area contributed by atoms with Crippen LogP contribution in [0.15, 0.2) is 47.5 Å². The van der Waals surface area contributed by atoms with Crippen LogP contribution >= 0.6 is 24.0 Å². The monoisotopic (exact) mass is 485 g/mol. The van der Waals surface area contributed by atoms with Gasteiger partial charge < -0.3 is 15.4 Å². The standard InChI is InChI=1S/C21H28FN3O.HI/c1-15-6-5-7-18(10-15)16(2)12-24-21(23-3)25-13-17-8-9-20(22)19(11-17)14-26-4;/h5-11,16H,12-14H2,1-4H3,(H2,23,24,25);1H. The van der Waals surface area contributed by atoms with Gasteiger partial charge >= 0.3 is 0 Å². The molecule has 0 saturated carbocycles. The number of aliphatic imine (C=N–C) groups is 1. The Morgan fingerprint density at radius 2 is 1.96 bits per heavy atom. The molecular formula is C21H29FIN3O. The van der Waals surface area contributed by atoms with Crippen LogP contribution in [0.2, 0.25) is 0 Å². The molecule has 4 nitrogen and oxygen atoms in total. The summed E-state index contributed by atoms with van der Waals surface area (Å²) in [7, 11) is 3.30. The highest BCUT2D eigenvalue weighted by Crippen LogP contribution is 2.15. The molecule has 0 spiro atoms. The van der Waals surface area contributed by atoms with E-state index in [1.54, 1.807) is 20.2 Å². The number of rotatable bonds is 7. The molecule has 0 aliphatic heterocycles. The van der Waals surface area contributed by atoms with E-state index in [4.69, 9.17) is 4.74 Å². The SMILES string of the molecule is CN=C(NCc1ccc(F)c(COC)c1)NCC(C)c1cccc(C)c1.I. The second-order valence-corrected chi connectivity index (χ2v) is 6.48. The summed E-state index contributed by atoms with van der Waals surface area (Å²) in [6.45, 7) is 5.90. The Bertz CT molecular complexity index is 752. The Balaban J connectivity index is 0.00000364. The molecule has 0 heterocycles. The summed E-state index contributed by atoms with van der Waals surface area (Å²) in [4.78, 5) is 4.26. The molecule has 27 heavy (non-hydrogen) atoms. The van der Waals surface area contributed by atoms with Gasteiger partial charge in [-0.3, -0.25) is 4.99 Å². The average molecular weight is 485 g/mol. The zero-order valence-electron chi connectivity index (χ0n) is 16.4. The largest absolute Gasteiger partial charge is 0.380 e. The predicted molar refractivity (Wildman–Crippen MR) is 120 cm³/mol. The van der Waals surface area contributed by atoms with E-state index >= 15 is 0 Å². The van der Waals surface area contributed by atoms with Crippen LogP contribution < -0.4 is 10.6 Å². The Labute approximate surface area is 178 Å². The van der Waals surface area contributed by atoms with Crippen molar-refractivity contribution in [2.45, 2.75) is 32.9 Å². The molecule has 0 amide bonds. The van der Waals surface area contributed by atoms with E-state index in [-0.39, 0.29) is 36.4 Å². The maximum atomic E-state index is 13.7. The fraction of sp³-hybridized carbons (Fsp3) is 0.381. The lowest BCUT2D eigenvalue weighted by molar-refractivity contribution is 0.181. The van der Waals surface area contributed by atoms with Gasteiger partial charge in [-0.1, -0.05) is 42.8 Å². The minimum Gasteiger partial charge on any atom is -0.380 e. The molecule has 2 aromatic carbocycles. The Kier molecular flexibility index (Phi) is 10.3. The summed E-state index contributed by atoms with van der Waals surface area (Å²) in [5, 5.41) is 6.62. The third-order valence-electron chi connectivity index (χ3n) is 4.28. The van der Waals surface area contributed by atoms with Crippen molar-refractivity contribution in [3.8, 4) is 0 Å². The smallest absolute Gasteiger partial charge is 0.191 e. The van der Waals surface area contributed by atoms with Crippen LogP contribution in [0.5, 0.6) is 0 Å². The lowest BCUT2D eigenvalue weighted by Gasteiger charge is -2.17. The molecule has 1 atom stereocenters. The van der Waals surface area contributed by atoms with Gasteiger partial charge in [0, 0.05) is 32.8 Å². The maximum absolute atomic E-state index is 13.7. The van der Waals surface area contributed by atoms with Gasteiger partial charge in [-0.2, -0.15) is 0 Å². The zero-order chi connectivity index (χ0) is 18.9. The van der Waals surface area contributed by atoms with Crippen LogP contribution in [0.3, 0.4) is 0 Å². The molecule has 0 fully saturated rings. The molecule has 2 N–H and O–H groups in total. The summed E-state index contributed by atoms with van der Waals surface area (Å²) < 4.78 is 18.7. The number of ether oxygens (including phenoxy) is 1. The molecular weight excluding hydrogens is 456 g/mol. The number of nitrogens with zero attached hydrogens (tertiary/aromatic N) is 1. The first-order valence-electron chi connectivity index (χ1n) is 8.80. The van der Waals surface area contributed by atoms with E-state index in [1.807, 2.05) is 6.07 Å². The van der Waals surface area contributed by atoms with Crippen molar-refractivity contribution in [3.63, 3.8) is 0 Å². The van der Waals surface area contributed by atoms with Crippen LogP contribution in [0.1, 0.15) is 35.1 Å². The van der Waals surface area contributed by atoms with E-state index in [0.717, 1.165) is 18.1 Å². The molecule has 0 aliphatic carbocycles. The molecule has 0 bridgehead atoms. The summed E-state index contributed by atoms with van der Waals surface area (Å²) >= 11 is 0. The molecule has 1 unspecified atom stereocenters. The molecule has 6 heteroatoms. The van der Waals surface area contributed by atoms with E-state index < -0.39 is 0 Å². The van der Waals surface area contributed by atoms with Crippen LogP contribution in [0.4, 0.5) is 4.39 Å². The van der Waals surface area contributed by atoms with E-state index in [9.17, 15) is 4.39 Å². The summed E-state index contributed by atoms with van der Waals surface area (Å²) in [5.41, 5.74) is 4.10. The Morgan fingerprint density at radius 1 is 1.19 bits per heavy atom. The first-order chi connectivity index (χ1) is 12.5. The number of nitrogens with one attached hydrogen (secondary N) is 2. The van der Waals surface area contributed by atoms with Crippen LogP contribution in [0.25, 0.3) is 0 Å². The van der Waals surface area contributed by atoms with E-state index in [2.05, 4.69) is 53.7 Å². The third-order valence-corrected chi connectivity index (χ3v) is 4.28. The zero-order valence-corrected chi connectivity index (χ0v) is 18.7. The molecule has 0 aromatic heterocycles. The number of halogens is 2. The fourth-order valence-corrected chi connectivity index (χ4v) is 2.75. The van der Waals surface area contributed by atoms with Crippen molar-refractivity contribution in [1.29, 1.82) is 0 Å². The summed E-state index contributed by atoms with van der Waals surface area (Å²) in [5.74, 6) is 0.847. The first kappa shape index (κ1) is 23.4. The Morgan fingerprint density at radius 3 is 2.63 bits per heavy atom. The van der Waals surface area contributed by atoms with Crippen molar-refractivity contribution in [2.24, 2.45) is 4.99 Å². The maximum Gasteiger partial charge on any atom is 0.191 e. The summed E-state index contributed by atoms with van der Waals surface area (Å²) in [6, 6.07) is 13.6. The number of hydrogen-bond donors (Lipinski definition) is 2. The van der Waals surface area contributed by atoms with E-state index in [1.165, 1.54) is 17.2 Å². The summed E-state index contributed by atoms with van der Waals surface area (Å²) in [6.07, 6.45) is 0. The fourth-order valence-electron chi connectivity index (χ4n) is 2.75. The number of benzene rings is 2. The molecule has 0 saturated heterocycles. The molecule has 2 aromatic rings. The van der Waals surface area contributed by atoms with Gasteiger partial charge in [-0.15, -0.1) is 24.0 Å². The second kappa shape index (κ2) is 11.9. The molecule has 148 valence electrons. The Hall–Kier alpha value is -1.67. The number of guanidine groups is 1. The van der Waals surface area contributed by atoms with Gasteiger partial charge in [0.05, 0.1) is 6.61 Å². The lowest BCUT2D eigenvalue weighted by atomic mass is 9.99. The number of methoxy groups -OCH3 is 1. The number of hydrogen-bond acceptors (Lipinski definition) is 2. The van der Waals surface area contributed by atoms with E-state index in [0.29, 0.717) is 18.0 Å². The normalized spacial score (nSPS) is 12.3. The predicted octanol–water partition coefficient (Wildman–Crippen LogP) is 4.37. The van der Waals surface area contributed by atoms with Crippen molar-refractivity contribution in [3.05, 3.63) is 70.5 Å². The highest BCUT2D eigenvalue weighted by atomic mass is 127. The second-order valence-electron chi connectivity index (χ2n) is 6.48. The van der Waals surface area contributed by atoms with Crippen molar-refractivity contribution >= 4 is 29.9 Å². The van der Waals surface area contributed by atoms with Gasteiger partial charge in [0.25, 0.3) is 0 Å². The van der Waals surface area contributed by atoms with Crippen molar-refractivity contribution in [2.75, 3.05) is 20.7 Å². The van der Waals surface area contributed by atoms with Gasteiger partial charge in [-0.25, -0.2) is 4.39 Å². The van der Waals surface area contributed by atoms with Crippen molar-refractivity contribution in [1.82, 2.24) is 10.6 Å². The van der Waals surface area contributed by atoms with Crippen LogP contribution in [-0.4, -0.2) is 26.7 Å². The quantitative estimate of drug-likeness (QED) is 0.348. The first-order valence-corrected chi connectivity index (χ1v) is 8.80. The average Bonchev–Trinajstić information content (AvgIpc) is 2.64. The van der Waals surface area contributed by atoms with Gasteiger partial charge in [0.1, 0.15) is 5.82 Å². The molecule has 0 radical (unpaired) electrons. The minimum absolute atomic E-state index is 0. The lowest BCUT2D eigenvalue weighted by Crippen LogP contribution is -2.38.